The van der Waals surface area contributed by atoms with Gasteiger partial charge in [0.05, 0.1) is 52.9 Å². The van der Waals surface area contributed by atoms with E-state index in [-0.39, 0.29) is 42.0 Å². The SMILES string of the molecule is COc1ccc(OC)c([C@@H](C)N(CC(=O)N(Cc2ccco2)C23CC4CC(CC(C4)C2)C3)CC(=O)N(Cc2ccco2)C23CC4CC(CC(C4)C2)C3)c1. The van der Waals surface area contributed by atoms with Crippen LogP contribution in [0.2, 0.25) is 0 Å². The molecule has 8 fully saturated rings. The minimum absolute atomic E-state index is 0.0669. The van der Waals surface area contributed by atoms with E-state index in [0.29, 0.717) is 60.1 Å². The minimum Gasteiger partial charge on any atom is -0.497 e. The van der Waals surface area contributed by atoms with E-state index in [0.717, 1.165) is 55.6 Å². The Morgan fingerprint density at radius 2 is 1.11 bits per heavy atom. The van der Waals surface area contributed by atoms with Crippen LogP contribution >= 0.6 is 0 Å². The van der Waals surface area contributed by atoms with Gasteiger partial charge < -0.3 is 28.1 Å². The summed E-state index contributed by atoms with van der Waals surface area (Å²) < 4.78 is 23.4. The molecule has 1 atom stereocenters. The number of nitrogens with zero attached hydrogens (tertiary/aromatic N) is 3. The Balaban J connectivity index is 1.06. The topological polar surface area (TPSA) is 88.6 Å². The summed E-state index contributed by atoms with van der Waals surface area (Å²) in [6, 6.07) is 13.3. The fourth-order valence-corrected chi connectivity index (χ4v) is 13.2. The van der Waals surface area contributed by atoms with Crippen molar-refractivity contribution in [1.82, 2.24) is 14.7 Å². The molecule has 9 heteroatoms. The molecular formula is C44H57N3O6. The first kappa shape index (κ1) is 35.0. The van der Waals surface area contributed by atoms with Crippen LogP contribution in [0, 0.1) is 35.5 Å². The molecule has 2 aromatic heterocycles. The van der Waals surface area contributed by atoms with Gasteiger partial charge in [0, 0.05) is 22.7 Å². The molecule has 8 saturated carbocycles. The zero-order valence-corrected chi connectivity index (χ0v) is 31.8. The Bertz CT molecular complexity index is 1600. The summed E-state index contributed by atoms with van der Waals surface area (Å²) in [7, 11) is 3.34. The van der Waals surface area contributed by atoms with Crippen LogP contribution in [0.1, 0.15) is 107 Å². The maximum absolute atomic E-state index is 15.2. The number of benzene rings is 1. The van der Waals surface area contributed by atoms with Crippen LogP contribution in [0.25, 0.3) is 0 Å². The number of rotatable bonds is 14. The number of furan rings is 2. The maximum atomic E-state index is 15.2. The highest BCUT2D eigenvalue weighted by Gasteiger charge is 2.56. The largest absolute Gasteiger partial charge is 0.497 e. The number of hydrogen-bond acceptors (Lipinski definition) is 7. The predicted molar refractivity (Wildman–Crippen MR) is 200 cm³/mol. The van der Waals surface area contributed by atoms with E-state index in [9.17, 15) is 0 Å². The molecule has 1 aromatic carbocycles. The number of carbonyl (C=O) groups is 2. The normalized spacial score (nSPS) is 32.6. The number of amides is 2. The molecule has 9 nitrogen and oxygen atoms in total. The van der Waals surface area contributed by atoms with Crippen LogP contribution in [-0.4, -0.2) is 64.9 Å². The first-order valence-corrected chi connectivity index (χ1v) is 20.3. The highest BCUT2D eigenvalue weighted by atomic mass is 16.5. The summed E-state index contributed by atoms with van der Waals surface area (Å²) in [4.78, 5) is 36.8. The Kier molecular flexibility index (Phi) is 9.15. The van der Waals surface area contributed by atoms with Gasteiger partial charge in [0.1, 0.15) is 23.0 Å². The van der Waals surface area contributed by atoms with Gasteiger partial charge in [-0.1, -0.05) is 0 Å². The smallest absolute Gasteiger partial charge is 0.237 e. The van der Waals surface area contributed by atoms with Crippen molar-refractivity contribution in [3.63, 3.8) is 0 Å². The Morgan fingerprint density at radius 3 is 1.47 bits per heavy atom. The van der Waals surface area contributed by atoms with Gasteiger partial charge in [-0.3, -0.25) is 14.5 Å². The zero-order chi connectivity index (χ0) is 36.3. The molecular weight excluding hydrogens is 666 g/mol. The van der Waals surface area contributed by atoms with Gasteiger partial charge in [0.2, 0.25) is 11.8 Å². The van der Waals surface area contributed by atoms with E-state index in [1.165, 1.54) is 38.5 Å². The highest BCUT2D eigenvalue weighted by molar-refractivity contribution is 5.82. The second-order valence-electron chi connectivity index (χ2n) is 18.1. The Labute approximate surface area is 314 Å². The standard InChI is InChI=1S/C44H57N3O6/c1-29(39-18-36(50-2)8-9-40(39)51-3)45(27-41(48)46(25-37-6-4-10-52-37)43-19-30-12-31(20-43)14-32(13-30)21-43)28-42(49)47(26-38-7-5-11-53-38)44-22-33-15-34(23-44)17-35(16-33)24-44/h4-11,18,29-35H,12-17,19-28H2,1-3H3/t29-,30?,31?,32?,33?,34?,35?,43?,44?/m1/s1. The Hall–Kier alpha value is -3.72. The third-order valence-corrected chi connectivity index (χ3v) is 14.7. The average molecular weight is 724 g/mol. The average Bonchev–Trinajstić information content (AvgIpc) is 3.86. The third-order valence-electron chi connectivity index (χ3n) is 14.7. The van der Waals surface area contributed by atoms with Crippen LogP contribution in [-0.2, 0) is 22.7 Å². The van der Waals surface area contributed by atoms with E-state index in [2.05, 4.69) is 21.6 Å². The lowest BCUT2D eigenvalue weighted by atomic mass is 9.52. The number of hydrogen-bond donors (Lipinski definition) is 0. The van der Waals surface area contributed by atoms with Crippen molar-refractivity contribution in [2.24, 2.45) is 35.5 Å². The number of ether oxygens (including phenoxy) is 2. The van der Waals surface area contributed by atoms with Crippen molar-refractivity contribution in [3.8, 4) is 11.5 Å². The van der Waals surface area contributed by atoms with Crippen molar-refractivity contribution in [2.75, 3.05) is 27.3 Å². The van der Waals surface area contributed by atoms with E-state index >= 15 is 9.59 Å². The lowest BCUT2D eigenvalue weighted by Gasteiger charge is -2.60. The molecule has 3 aromatic rings. The summed E-state index contributed by atoms with van der Waals surface area (Å²) >= 11 is 0. The van der Waals surface area contributed by atoms with Crippen LogP contribution in [0.3, 0.4) is 0 Å². The van der Waals surface area contributed by atoms with E-state index in [1.54, 1.807) is 26.7 Å². The number of carbonyl (C=O) groups excluding carboxylic acids is 2. The van der Waals surface area contributed by atoms with Crippen LogP contribution < -0.4 is 9.47 Å². The number of methoxy groups -OCH3 is 2. The summed E-state index contributed by atoms with van der Waals surface area (Å²) in [5.41, 5.74) is 0.554. The van der Waals surface area contributed by atoms with Crippen molar-refractivity contribution >= 4 is 11.8 Å². The van der Waals surface area contributed by atoms with Gasteiger partial charge in [0.25, 0.3) is 0 Å². The molecule has 0 radical (unpaired) electrons. The van der Waals surface area contributed by atoms with Crippen LogP contribution in [0.5, 0.6) is 11.5 Å². The zero-order valence-electron chi connectivity index (χ0n) is 31.8. The molecule has 8 aliphatic carbocycles. The maximum Gasteiger partial charge on any atom is 0.237 e. The molecule has 0 saturated heterocycles. The van der Waals surface area contributed by atoms with Crippen molar-refractivity contribution < 1.29 is 27.9 Å². The molecule has 2 heterocycles. The van der Waals surface area contributed by atoms with Crippen LogP contribution in [0.15, 0.2) is 63.8 Å². The Morgan fingerprint density at radius 1 is 0.679 bits per heavy atom. The summed E-state index contributed by atoms with van der Waals surface area (Å²) in [6.07, 6.45) is 17.6. The molecule has 11 rings (SSSR count). The summed E-state index contributed by atoms with van der Waals surface area (Å²) in [5, 5.41) is 0. The molecule has 2 amide bonds. The second-order valence-corrected chi connectivity index (χ2v) is 18.1. The first-order chi connectivity index (χ1) is 25.7. The fourth-order valence-electron chi connectivity index (χ4n) is 13.2. The minimum atomic E-state index is -0.309. The predicted octanol–water partition coefficient (Wildman–Crippen LogP) is 8.25. The fraction of sp³-hybridized carbons (Fsp3) is 0.636. The monoisotopic (exact) mass is 723 g/mol. The molecule has 53 heavy (non-hydrogen) atoms. The van der Waals surface area contributed by atoms with Gasteiger partial charge in [-0.25, -0.2) is 0 Å². The van der Waals surface area contributed by atoms with E-state index in [1.807, 2.05) is 42.5 Å². The van der Waals surface area contributed by atoms with Gasteiger partial charge >= 0.3 is 0 Å². The van der Waals surface area contributed by atoms with E-state index < -0.39 is 0 Å². The second kappa shape index (κ2) is 13.8. The molecule has 8 bridgehead atoms. The quantitative estimate of drug-likeness (QED) is 0.166. The van der Waals surface area contributed by atoms with Gasteiger partial charge in [-0.2, -0.15) is 0 Å². The highest BCUT2D eigenvalue weighted by Crippen LogP contribution is 2.59. The summed E-state index contributed by atoms with van der Waals surface area (Å²) in [5.74, 6) is 7.27. The van der Waals surface area contributed by atoms with Gasteiger partial charge in [-0.05, 0) is 162 Å². The first-order valence-electron chi connectivity index (χ1n) is 20.3. The molecule has 8 aliphatic rings. The molecule has 0 aliphatic heterocycles. The van der Waals surface area contributed by atoms with Crippen molar-refractivity contribution in [1.29, 1.82) is 0 Å². The lowest BCUT2D eigenvalue weighted by molar-refractivity contribution is -0.158. The lowest BCUT2D eigenvalue weighted by Crippen LogP contribution is -2.63. The van der Waals surface area contributed by atoms with Gasteiger partial charge in [0.15, 0.2) is 0 Å². The van der Waals surface area contributed by atoms with E-state index in [4.69, 9.17) is 18.3 Å². The molecule has 0 N–H and O–H groups in total. The third kappa shape index (κ3) is 6.59. The van der Waals surface area contributed by atoms with Gasteiger partial charge in [-0.15, -0.1) is 0 Å². The van der Waals surface area contributed by atoms with Crippen molar-refractivity contribution in [2.45, 2.75) is 114 Å². The molecule has 0 unspecified atom stereocenters. The van der Waals surface area contributed by atoms with Crippen LogP contribution in [0.4, 0.5) is 0 Å². The molecule has 0 spiro atoms. The molecule has 284 valence electrons. The van der Waals surface area contributed by atoms with Crippen molar-refractivity contribution in [3.05, 3.63) is 72.1 Å². The summed E-state index contributed by atoms with van der Waals surface area (Å²) in [6.45, 7) is 3.24.